The summed E-state index contributed by atoms with van der Waals surface area (Å²) in [5.41, 5.74) is 2.47. The minimum Gasteiger partial charge on any atom is -0.493 e. The van der Waals surface area contributed by atoms with Crippen molar-refractivity contribution in [3.8, 4) is 5.88 Å². The van der Waals surface area contributed by atoms with E-state index in [1.807, 2.05) is 24.3 Å². The van der Waals surface area contributed by atoms with Crippen molar-refractivity contribution in [3.05, 3.63) is 44.4 Å². The van der Waals surface area contributed by atoms with Crippen molar-refractivity contribution >= 4 is 46.8 Å². The maximum Gasteiger partial charge on any atom is 0.326 e. The first kappa shape index (κ1) is 19.1. The molecule has 0 radical (unpaired) electrons. The van der Waals surface area contributed by atoms with Gasteiger partial charge >= 0.3 is 10.8 Å². The fourth-order valence-corrected chi connectivity index (χ4v) is 4.49. The number of carbonyl (C=O) groups is 2. The van der Waals surface area contributed by atoms with E-state index in [4.69, 9.17) is 0 Å². The lowest BCUT2D eigenvalue weighted by atomic mass is 10.0. The molecule has 0 spiro atoms. The zero-order chi connectivity index (χ0) is 20.5. The van der Waals surface area contributed by atoms with Crippen molar-refractivity contribution in [2.45, 2.75) is 31.8 Å². The van der Waals surface area contributed by atoms with Gasteiger partial charge in [-0.1, -0.05) is 29.5 Å². The van der Waals surface area contributed by atoms with Crippen molar-refractivity contribution < 1.29 is 19.8 Å². The highest BCUT2D eigenvalue weighted by Gasteiger charge is 2.32. The number of aromatic nitrogens is 1. The molecule has 2 N–H and O–H groups in total. The highest BCUT2D eigenvalue weighted by atomic mass is 32.1. The molecule has 1 atom stereocenters. The molecule has 2 aliphatic rings. The number of hydrogen-bond acceptors (Lipinski definition) is 6. The van der Waals surface area contributed by atoms with Crippen LogP contribution in [0.4, 0.5) is 5.69 Å². The molecular formula is C20H19N3O5S. The Bertz CT molecular complexity index is 1100. The summed E-state index contributed by atoms with van der Waals surface area (Å²) in [4.78, 5) is 41.9. The van der Waals surface area contributed by atoms with Gasteiger partial charge in [0.05, 0.1) is 10.6 Å². The summed E-state index contributed by atoms with van der Waals surface area (Å²) >= 11 is 0.831. The third-order valence-electron chi connectivity index (χ3n) is 5.14. The fraction of sp³-hybridized carbons (Fsp3) is 0.300. The molecule has 1 fully saturated rings. The number of carboxylic acid groups (broad SMARTS) is 1. The zero-order valence-electron chi connectivity index (χ0n) is 15.4. The number of aliphatic imine (C=N–C) groups is 1. The number of hydrogen-bond donors (Lipinski definition) is 2. The number of aliphatic carboxylic acids is 1. The zero-order valence-corrected chi connectivity index (χ0v) is 16.3. The summed E-state index contributed by atoms with van der Waals surface area (Å²) in [7, 11) is 0. The second kappa shape index (κ2) is 7.67. The number of fused-ring (bicyclic) bond motifs is 1. The van der Waals surface area contributed by atoms with Gasteiger partial charge in [0.2, 0.25) is 11.8 Å². The molecule has 0 bridgehead atoms. The number of carboxylic acids is 1. The highest BCUT2D eigenvalue weighted by molar-refractivity contribution is 7.10. The minimum atomic E-state index is -1.05. The van der Waals surface area contributed by atoms with E-state index in [9.17, 15) is 24.6 Å². The predicted octanol–water partition coefficient (Wildman–Crippen LogP) is 2.34. The van der Waals surface area contributed by atoms with Gasteiger partial charge in [-0.2, -0.15) is 0 Å². The quantitative estimate of drug-likeness (QED) is 0.799. The molecule has 1 aromatic carbocycles. The number of thiazole rings is 1. The largest absolute Gasteiger partial charge is 0.493 e. The number of rotatable bonds is 4. The van der Waals surface area contributed by atoms with Crippen molar-refractivity contribution in [2.75, 3.05) is 6.54 Å². The van der Waals surface area contributed by atoms with E-state index in [1.165, 1.54) is 4.90 Å². The minimum absolute atomic E-state index is 0.303. The summed E-state index contributed by atoms with van der Waals surface area (Å²) in [6.07, 6.45) is 5.18. The van der Waals surface area contributed by atoms with E-state index in [-0.39, 0.29) is 5.88 Å². The van der Waals surface area contributed by atoms with Crippen molar-refractivity contribution in [1.82, 2.24) is 9.47 Å². The van der Waals surface area contributed by atoms with Crippen LogP contribution in [0.15, 0.2) is 34.1 Å². The van der Waals surface area contributed by atoms with Crippen LogP contribution in [0.2, 0.25) is 0 Å². The van der Waals surface area contributed by atoms with Gasteiger partial charge in [-0.3, -0.25) is 19.1 Å². The van der Waals surface area contributed by atoms with E-state index >= 15 is 0 Å². The Hall–Kier alpha value is -3.20. The molecule has 2 aliphatic heterocycles. The third-order valence-corrected chi connectivity index (χ3v) is 6.06. The first-order valence-electron chi connectivity index (χ1n) is 9.25. The topological polar surface area (TPSA) is 112 Å². The first-order chi connectivity index (χ1) is 14.0. The van der Waals surface area contributed by atoms with Crippen LogP contribution < -0.4 is 4.87 Å². The van der Waals surface area contributed by atoms with E-state index in [0.717, 1.165) is 45.6 Å². The van der Waals surface area contributed by atoms with Crippen LogP contribution in [-0.4, -0.2) is 50.4 Å². The molecule has 150 valence electrons. The highest BCUT2D eigenvalue weighted by Crippen LogP contribution is 2.34. The van der Waals surface area contributed by atoms with Crippen LogP contribution in [0, 0.1) is 0 Å². The molecule has 1 unspecified atom stereocenters. The van der Waals surface area contributed by atoms with E-state index in [2.05, 4.69) is 4.99 Å². The molecule has 8 nitrogen and oxygen atoms in total. The molecular weight excluding hydrogens is 394 g/mol. The molecule has 29 heavy (non-hydrogen) atoms. The Balaban J connectivity index is 1.59. The van der Waals surface area contributed by atoms with E-state index in [0.29, 0.717) is 17.8 Å². The number of aromatic hydroxyl groups is 1. The molecule has 1 aromatic heterocycles. The number of amides is 1. The lowest BCUT2D eigenvalue weighted by Gasteiger charge is -2.33. The number of carbonyl (C=O) groups excluding carboxylic acids is 1. The van der Waals surface area contributed by atoms with Gasteiger partial charge in [-0.15, -0.1) is 0 Å². The Labute approximate surface area is 170 Å². The van der Waals surface area contributed by atoms with E-state index in [1.54, 1.807) is 12.3 Å². The Kier molecular flexibility index (Phi) is 5.06. The number of benzene rings is 1. The van der Waals surface area contributed by atoms with Gasteiger partial charge in [-0.05, 0) is 31.4 Å². The Morgan fingerprint density at radius 2 is 2.07 bits per heavy atom. The standard InChI is InChI=1S/C20H19N3O5S/c24-17(22-8-4-3-7-15(22)19(26)27)11-23-18(25)16(29-20(23)28)9-12-10-21-14-6-2-1-5-13(12)14/h1-2,5-6,9-10,15,25H,3-4,7-8,11H2,(H,26,27). The lowest BCUT2D eigenvalue weighted by molar-refractivity contribution is -0.152. The summed E-state index contributed by atoms with van der Waals surface area (Å²) in [6.45, 7) is -0.0571. The number of allylic oxidation sites excluding steroid dienone is 1. The fourth-order valence-electron chi connectivity index (χ4n) is 3.66. The third kappa shape index (κ3) is 3.61. The molecule has 2 aromatic rings. The predicted molar refractivity (Wildman–Crippen MR) is 110 cm³/mol. The van der Waals surface area contributed by atoms with Gasteiger partial charge in [-0.25, -0.2) is 4.79 Å². The number of likely N-dealkylation sites (tertiary alicyclic amines) is 1. The van der Waals surface area contributed by atoms with Crippen LogP contribution in [0.1, 0.15) is 29.7 Å². The summed E-state index contributed by atoms with van der Waals surface area (Å²) in [6, 6.07) is 6.64. The second-order valence-electron chi connectivity index (χ2n) is 6.95. The first-order valence-corrected chi connectivity index (χ1v) is 10.1. The molecule has 4 rings (SSSR count). The van der Waals surface area contributed by atoms with Gasteiger partial charge in [0.1, 0.15) is 12.6 Å². The number of para-hydroxylation sites is 1. The summed E-state index contributed by atoms with van der Waals surface area (Å²) in [5.74, 6) is -1.84. The van der Waals surface area contributed by atoms with Crippen LogP contribution in [0.25, 0.3) is 11.6 Å². The van der Waals surface area contributed by atoms with Crippen LogP contribution in [0.5, 0.6) is 5.88 Å². The molecule has 1 saturated heterocycles. The molecule has 3 heterocycles. The Morgan fingerprint density at radius 1 is 1.28 bits per heavy atom. The second-order valence-corrected chi connectivity index (χ2v) is 7.95. The Morgan fingerprint density at radius 3 is 2.86 bits per heavy atom. The van der Waals surface area contributed by atoms with Crippen molar-refractivity contribution in [3.63, 3.8) is 0 Å². The van der Waals surface area contributed by atoms with Gasteiger partial charge in [0.15, 0.2) is 0 Å². The van der Waals surface area contributed by atoms with Crippen LogP contribution >= 0.6 is 11.3 Å². The lowest BCUT2D eigenvalue weighted by Crippen LogP contribution is -2.49. The normalized spacial score (nSPS) is 19.5. The average molecular weight is 413 g/mol. The summed E-state index contributed by atoms with van der Waals surface area (Å²) < 4.78 is 0.991. The van der Waals surface area contributed by atoms with E-state index < -0.39 is 29.3 Å². The SMILES string of the molecule is O=C(O)C1CCCCN1C(=O)Cn1c(O)c(C=C2C=Nc3ccccc32)sc1=O. The smallest absolute Gasteiger partial charge is 0.326 e. The molecule has 0 aliphatic carbocycles. The van der Waals surface area contributed by atoms with Crippen LogP contribution in [-0.2, 0) is 16.1 Å². The molecule has 9 heteroatoms. The van der Waals surface area contributed by atoms with Crippen LogP contribution in [0.3, 0.4) is 0 Å². The van der Waals surface area contributed by atoms with Crippen molar-refractivity contribution in [1.29, 1.82) is 0 Å². The van der Waals surface area contributed by atoms with Gasteiger partial charge in [0.25, 0.3) is 0 Å². The van der Waals surface area contributed by atoms with Gasteiger partial charge in [0, 0.05) is 23.9 Å². The maximum absolute atomic E-state index is 12.7. The number of piperidine rings is 1. The molecule has 0 saturated carbocycles. The van der Waals surface area contributed by atoms with Crippen molar-refractivity contribution in [2.24, 2.45) is 4.99 Å². The monoisotopic (exact) mass is 413 g/mol. The number of nitrogens with zero attached hydrogens (tertiary/aromatic N) is 3. The summed E-state index contributed by atoms with van der Waals surface area (Å²) in [5, 5.41) is 19.9. The van der Waals surface area contributed by atoms with Gasteiger partial charge < -0.3 is 15.1 Å². The average Bonchev–Trinajstić information content (AvgIpc) is 3.24. The molecule has 1 amide bonds. The maximum atomic E-state index is 12.7.